The van der Waals surface area contributed by atoms with E-state index in [9.17, 15) is 18.0 Å². The quantitative estimate of drug-likeness (QED) is 0.716. The molecule has 2 amide bonds. The third-order valence-corrected chi connectivity index (χ3v) is 6.90. The smallest absolute Gasteiger partial charge is 0.252 e. The minimum absolute atomic E-state index is 0.175. The van der Waals surface area contributed by atoms with Crippen molar-refractivity contribution in [2.24, 2.45) is 0 Å². The second-order valence-electron chi connectivity index (χ2n) is 5.57. The van der Waals surface area contributed by atoms with Gasteiger partial charge >= 0.3 is 0 Å². The molecule has 2 rings (SSSR count). The van der Waals surface area contributed by atoms with Crippen molar-refractivity contribution in [1.82, 2.24) is 9.62 Å². The molecule has 7 nitrogen and oxygen atoms in total. The van der Waals surface area contributed by atoms with Gasteiger partial charge in [-0.2, -0.15) is 0 Å². The fraction of sp³-hybridized carbons (Fsp3) is 0.294. The number of hydrogen-bond donors (Lipinski definition) is 2. The Morgan fingerprint density at radius 1 is 1.19 bits per heavy atom. The van der Waals surface area contributed by atoms with Crippen LogP contribution >= 0.6 is 11.3 Å². The summed E-state index contributed by atoms with van der Waals surface area (Å²) in [5, 5.41) is 6.95. The van der Waals surface area contributed by atoms with Crippen molar-refractivity contribution >= 4 is 38.9 Å². The molecule has 0 aliphatic rings. The highest BCUT2D eigenvalue weighted by molar-refractivity contribution is 7.91. The Bertz CT molecular complexity index is 864. The molecular formula is C17H21N3O4S2. The molecule has 2 N–H and O–H groups in total. The third-order valence-electron chi connectivity index (χ3n) is 3.67. The Hall–Kier alpha value is -2.23. The van der Waals surface area contributed by atoms with E-state index in [-0.39, 0.29) is 29.0 Å². The monoisotopic (exact) mass is 395 g/mol. The zero-order valence-electron chi connectivity index (χ0n) is 14.6. The van der Waals surface area contributed by atoms with E-state index in [0.29, 0.717) is 17.7 Å². The highest BCUT2D eigenvalue weighted by atomic mass is 32.2. The topological polar surface area (TPSA) is 95.6 Å². The van der Waals surface area contributed by atoms with Crippen LogP contribution in [0.1, 0.15) is 23.2 Å². The van der Waals surface area contributed by atoms with Gasteiger partial charge in [-0.1, -0.05) is 12.1 Å². The number of rotatable bonds is 8. The van der Waals surface area contributed by atoms with Crippen molar-refractivity contribution in [3.05, 3.63) is 47.3 Å². The number of amides is 2. The van der Waals surface area contributed by atoms with Gasteiger partial charge in [-0.25, -0.2) is 12.7 Å². The van der Waals surface area contributed by atoms with Crippen LogP contribution in [0.4, 0.5) is 5.69 Å². The van der Waals surface area contributed by atoms with Gasteiger partial charge in [-0.3, -0.25) is 9.59 Å². The Morgan fingerprint density at radius 2 is 1.96 bits per heavy atom. The molecule has 0 aliphatic carbocycles. The van der Waals surface area contributed by atoms with E-state index in [1.807, 2.05) is 0 Å². The van der Waals surface area contributed by atoms with Crippen LogP contribution in [0.3, 0.4) is 0 Å². The van der Waals surface area contributed by atoms with Gasteiger partial charge in [-0.15, -0.1) is 11.3 Å². The fourth-order valence-electron chi connectivity index (χ4n) is 2.25. The fourth-order valence-corrected chi connectivity index (χ4v) is 4.66. The Kier molecular flexibility index (Phi) is 6.90. The molecule has 26 heavy (non-hydrogen) atoms. The average molecular weight is 396 g/mol. The van der Waals surface area contributed by atoms with E-state index in [1.54, 1.807) is 41.8 Å². The molecule has 0 fully saturated rings. The van der Waals surface area contributed by atoms with E-state index in [4.69, 9.17) is 0 Å². The van der Waals surface area contributed by atoms with Crippen molar-refractivity contribution in [3.63, 3.8) is 0 Å². The van der Waals surface area contributed by atoms with E-state index in [0.717, 1.165) is 11.3 Å². The van der Waals surface area contributed by atoms with Crippen LogP contribution in [0.15, 0.2) is 46.0 Å². The second-order valence-corrected chi connectivity index (χ2v) is 8.79. The molecule has 140 valence electrons. The zero-order chi connectivity index (χ0) is 19.2. The first-order valence-corrected chi connectivity index (χ1v) is 10.3. The third kappa shape index (κ3) is 5.13. The maximum absolute atomic E-state index is 12.3. The molecule has 1 heterocycles. The van der Waals surface area contributed by atoms with Crippen molar-refractivity contribution in [2.45, 2.75) is 17.1 Å². The van der Waals surface area contributed by atoms with Crippen molar-refractivity contribution in [2.75, 3.05) is 26.0 Å². The Morgan fingerprint density at radius 3 is 2.62 bits per heavy atom. The minimum atomic E-state index is -3.49. The largest absolute Gasteiger partial charge is 0.355 e. The Balaban J connectivity index is 1.85. The maximum atomic E-state index is 12.3. The zero-order valence-corrected chi connectivity index (χ0v) is 16.2. The molecule has 0 aliphatic heterocycles. The number of hydrogen-bond acceptors (Lipinski definition) is 5. The van der Waals surface area contributed by atoms with E-state index < -0.39 is 10.0 Å². The summed E-state index contributed by atoms with van der Waals surface area (Å²) >= 11 is 1.16. The van der Waals surface area contributed by atoms with Crippen molar-refractivity contribution in [3.8, 4) is 0 Å². The SMILES string of the molecule is CNC(=O)c1cccc(NC(=O)CCCN(C)S(=O)(=O)c2cccs2)c1. The molecular weight excluding hydrogens is 374 g/mol. The molecule has 2 aromatic rings. The highest BCUT2D eigenvalue weighted by Gasteiger charge is 2.21. The van der Waals surface area contributed by atoms with Gasteiger partial charge in [0.1, 0.15) is 4.21 Å². The van der Waals surface area contributed by atoms with E-state index in [2.05, 4.69) is 10.6 Å². The molecule has 0 saturated heterocycles. The van der Waals surface area contributed by atoms with Gasteiger partial charge in [0.2, 0.25) is 5.91 Å². The van der Waals surface area contributed by atoms with Crippen LogP contribution in [0.25, 0.3) is 0 Å². The van der Waals surface area contributed by atoms with Crippen LogP contribution < -0.4 is 10.6 Å². The number of carbonyl (C=O) groups excluding carboxylic acids is 2. The second kappa shape index (κ2) is 8.93. The number of thiophene rings is 1. The number of carbonyl (C=O) groups is 2. The van der Waals surface area contributed by atoms with Gasteiger partial charge in [0.25, 0.3) is 15.9 Å². The maximum Gasteiger partial charge on any atom is 0.252 e. The first-order chi connectivity index (χ1) is 12.3. The minimum Gasteiger partial charge on any atom is -0.355 e. The summed E-state index contributed by atoms with van der Waals surface area (Å²) < 4.78 is 26.1. The average Bonchev–Trinajstić information content (AvgIpc) is 3.16. The molecule has 0 unspecified atom stereocenters. The lowest BCUT2D eigenvalue weighted by Crippen LogP contribution is -2.28. The van der Waals surface area contributed by atoms with Gasteiger partial charge in [0.05, 0.1) is 0 Å². The summed E-state index contributed by atoms with van der Waals surface area (Å²) in [5.41, 5.74) is 0.975. The molecule has 1 aromatic carbocycles. The van der Waals surface area contributed by atoms with Crippen molar-refractivity contribution < 1.29 is 18.0 Å². The van der Waals surface area contributed by atoms with Gasteiger partial charge in [0.15, 0.2) is 0 Å². The number of anilines is 1. The normalized spacial score (nSPS) is 11.3. The lowest BCUT2D eigenvalue weighted by molar-refractivity contribution is -0.116. The molecule has 0 spiro atoms. The predicted octanol–water partition coefficient (Wildman–Crippen LogP) is 2.15. The molecule has 1 aromatic heterocycles. The summed E-state index contributed by atoms with van der Waals surface area (Å²) in [6, 6.07) is 9.86. The summed E-state index contributed by atoms with van der Waals surface area (Å²) in [7, 11) is -0.459. The number of benzene rings is 1. The Labute approximate surface area is 157 Å². The van der Waals surface area contributed by atoms with Crippen LogP contribution in [0.5, 0.6) is 0 Å². The van der Waals surface area contributed by atoms with Gasteiger partial charge in [-0.05, 0) is 36.1 Å². The molecule has 9 heteroatoms. The molecule has 0 saturated carbocycles. The summed E-state index contributed by atoms with van der Waals surface area (Å²) in [6.07, 6.45) is 0.566. The van der Waals surface area contributed by atoms with Gasteiger partial charge < -0.3 is 10.6 Å². The van der Waals surface area contributed by atoms with E-state index >= 15 is 0 Å². The van der Waals surface area contributed by atoms with Crippen LogP contribution in [0.2, 0.25) is 0 Å². The first-order valence-electron chi connectivity index (χ1n) is 7.96. The summed E-state index contributed by atoms with van der Waals surface area (Å²) in [6.45, 7) is 0.242. The van der Waals surface area contributed by atoms with Crippen LogP contribution in [-0.4, -0.2) is 45.2 Å². The summed E-state index contributed by atoms with van der Waals surface area (Å²) in [4.78, 5) is 23.6. The lowest BCUT2D eigenvalue weighted by Gasteiger charge is -2.15. The van der Waals surface area contributed by atoms with Crippen LogP contribution in [0, 0.1) is 0 Å². The molecule has 0 radical (unpaired) electrons. The van der Waals surface area contributed by atoms with Gasteiger partial charge in [0, 0.05) is 38.3 Å². The van der Waals surface area contributed by atoms with Crippen LogP contribution in [-0.2, 0) is 14.8 Å². The number of sulfonamides is 1. The predicted molar refractivity (Wildman–Crippen MR) is 102 cm³/mol. The van der Waals surface area contributed by atoms with Crippen molar-refractivity contribution in [1.29, 1.82) is 0 Å². The molecule has 0 atom stereocenters. The molecule has 0 bridgehead atoms. The highest BCUT2D eigenvalue weighted by Crippen LogP contribution is 2.20. The number of nitrogens with zero attached hydrogens (tertiary/aromatic N) is 1. The summed E-state index contributed by atoms with van der Waals surface area (Å²) in [5.74, 6) is -0.470. The first kappa shape index (κ1) is 20.1. The standard InChI is InChI=1S/C17H21N3O4S2/c1-18-17(22)13-6-3-7-14(12-13)19-15(21)8-4-10-20(2)26(23,24)16-9-5-11-25-16/h3,5-7,9,11-12H,4,8,10H2,1-2H3,(H,18,22)(H,19,21). The lowest BCUT2D eigenvalue weighted by atomic mass is 10.2. The number of nitrogens with one attached hydrogen (secondary N) is 2. The van der Waals surface area contributed by atoms with E-state index in [1.165, 1.54) is 18.4 Å².